The third kappa shape index (κ3) is 5.49. The molecule has 1 fully saturated rings. The van der Waals surface area contributed by atoms with Crippen molar-refractivity contribution in [2.24, 2.45) is 17.6 Å². The molecule has 3 N–H and O–H groups in total. The van der Waals surface area contributed by atoms with Gasteiger partial charge in [0, 0.05) is 6.04 Å². The van der Waals surface area contributed by atoms with Gasteiger partial charge in [-0.25, -0.2) is 0 Å². The third-order valence-corrected chi connectivity index (χ3v) is 4.16. The predicted molar refractivity (Wildman–Crippen MR) is 77.8 cm³/mol. The van der Waals surface area contributed by atoms with Crippen LogP contribution < -0.4 is 11.1 Å². The smallest absolute Gasteiger partial charge is 0.249 e. The predicted octanol–water partition coefficient (Wildman–Crippen LogP) is 2.07. The molecule has 0 aliphatic heterocycles. The van der Waals surface area contributed by atoms with Crippen LogP contribution in [0.5, 0.6) is 0 Å². The molecule has 0 saturated heterocycles. The van der Waals surface area contributed by atoms with E-state index in [1.165, 1.54) is 19.3 Å². The van der Waals surface area contributed by atoms with Crippen LogP contribution in [-0.4, -0.2) is 31.2 Å². The maximum Gasteiger partial charge on any atom is 0.249 e. The van der Waals surface area contributed by atoms with Gasteiger partial charge in [0.25, 0.3) is 0 Å². The molecule has 4 atom stereocenters. The van der Waals surface area contributed by atoms with Crippen molar-refractivity contribution in [2.45, 2.75) is 65.0 Å². The minimum absolute atomic E-state index is 0.00301. The minimum atomic E-state index is -0.363. The van der Waals surface area contributed by atoms with Crippen LogP contribution in [-0.2, 0) is 9.53 Å². The number of carbonyl (C=O) groups excluding carboxylic acids is 1. The lowest BCUT2D eigenvalue weighted by Gasteiger charge is -2.22. The Labute approximate surface area is 117 Å². The van der Waals surface area contributed by atoms with Crippen LogP contribution in [0.25, 0.3) is 0 Å². The molecule has 0 bridgehead atoms. The van der Waals surface area contributed by atoms with Crippen LogP contribution in [0.15, 0.2) is 0 Å². The van der Waals surface area contributed by atoms with Crippen LogP contribution in [0.3, 0.4) is 0 Å². The standard InChI is InChI=1S/C15H30N2O2/c1-4-6-11(2)17-15(18)12(3)19-10-14-8-5-7-13(14)9-16/h11-14H,4-10,16H2,1-3H3,(H,17,18). The van der Waals surface area contributed by atoms with E-state index in [0.717, 1.165) is 19.4 Å². The highest BCUT2D eigenvalue weighted by Gasteiger charge is 2.27. The summed E-state index contributed by atoms with van der Waals surface area (Å²) in [4.78, 5) is 11.9. The van der Waals surface area contributed by atoms with E-state index in [-0.39, 0.29) is 18.1 Å². The molecule has 4 unspecified atom stereocenters. The van der Waals surface area contributed by atoms with E-state index >= 15 is 0 Å². The van der Waals surface area contributed by atoms with Crippen molar-refractivity contribution in [2.75, 3.05) is 13.2 Å². The van der Waals surface area contributed by atoms with E-state index < -0.39 is 0 Å². The van der Waals surface area contributed by atoms with Crippen LogP contribution in [0, 0.1) is 11.8 Å². The van der Waals surface area contributed by atoms with Crippen molar-refractivity contribution in [3.8, 4) is 0 Å². The number of rotatable bonds is 8. The second-order valence-electron chi connectivity index (χ2n) is 5.86. The van der Waals surface area contributed by atoms with Crippen LogP contribution in [0.4, 0.5) is 0 Å². The Balaban J connectivity index is 2.26. The molecule has 0 heterocycles. The maximum atomic E-state index is 11.9. The fourth-order valence-corrected chi connectivity index (χ4v) is 2.85. The summed E-state index contributed by atoms with van der Waals surface area (Å²) in [6, 6.07) is 0.229. The number of nitrogens with one attached hydrogen (secondary N) is 1. The first-order chi connectivity index (χ1) is 9.08. The number of hydrogen-bond acceptors (Lipinski definition) is 3. The largest absolute Gasteiger partial charge is 0.368 e. The molecule has 0 radical (unpaired) electrons. The lowest BCUT2D eigenvalue weighted by molar-refractivity contribution is -0.133. The lowest BCUT2D eigenvalue weighted by atomic mass is 9.97. The second-order valence-corrected chi connectivity index (χ2v) is 5.86. The average Bonchev–Trinajstić information content (AvgIpc) is 2.83. The lowest BCUT2D eigenvalue weighted by Crippen LogP contribution is -2.40. The van der Waals surface area contributed by atoms with Crippen molar-refractivity contribution < 1.29 is 9.53 Å². The number of hydrogen-bond donors (Lipinski definition) is 2. The minimum Gasteiger partial charge on any atom is -0.368 e. The molecule has 112 valence electrons. The Bertz CT molecular complexity index is 271. The van der Waals surface area contributed by atoms with Crippen LogP contribution in [0.2, 0.25) is 0 Å². The van der Waals surface area contributed by atoms with Crippen molar-refractivity contribution in [1.82, 2.24) is 5.32 Å². The van der Waals surface area contributed by atoms with Crippen molar-refractivity contribution in [3.05, 3.63) is 0 Å². The van der Waals surface area contributed by atoms with E-state index in [9.17, 15) is 4.79 Å². The van der Waals surface area contributed by atoms with Gasteiger partial charge < -0.3 is 15.8 Å². The number of amides is 1. The zero-order chi connectivity index (χ0) is 14.3. The van der Waals surface area contributed by atoms with Gasteiger partial charge in [0.1, 0.15) is 6.10 Å². The summed E-state index contributed by atoms with van der Waals surface area (Å²) in [5.41, 5.74) is 5.75. The third-order valence-electron chi connectivity index (χ3n) is 4.16. The molecule has 0 aromatic heterocycles. The molecule has 0 aromatic carbocycles. The van der Waals surface area contributed by atoms with Gasteiger partial charge in [-0.2, -0.15) is 0 Å². The molecule has 0 aromatic rings. The summed E-state index contributed by atoms with van der Waals surface area (Å²) in [6.07, 6.45) is 5.36. The summed E-state index contributed by atoms with van der Waals surface area (Å²) in [5, 5.41) is 2.99. The van der Waals surface area contributed by atoms with Crippen molar-refractivity contribution in [1.29, 1.82) is 0 Å². The Morgan fingerprint density at radius 3 is 2.68 bits per heavy atom. The SMILES string of the molecule is CCCC(C)NC(=O)C(C)OCC1CCCC1CN. The normalized spacial score (nSPS) is 26.1. The van der Waals surface area contributed by atoms with Crippen LogP contribution >= 0.6 is 0 Å². The van der Waals surface area contributed by atoms with Gasteiger partial charge in [-0.3, -0.25) is 4.79 Å². The van der Waals surface area contributed by atoms with E-state index in [1.54, 1.807) is 0 Å². The fraction of sp³-hybridized carbons (Fsp3) is 0.933. The quantitative estimate of drug-likeness (QED) is 0.709. The highest BCUT2D eigenvalue weighted by Crippen LogP contribution is 2.31. The molecule has 4 heteroatoms. The van der Waals surface area contributed by atoms with Gasteiger partial charge >= 0.3 is 0 Å². The van der Waals surface area contributed by atoms with Crippen LogP contribution in [0.1, 0.15) is 52.9 Å². The summed E-state index contributed by atoms with van der Waals surface area (Å²) in [7, 11) is 0. The monoisotopic (exact) mass is 270 g/mol. The molecule has 1 amide bonds. The van der Waals surface area contributed by atoms with Gasteiger partial charge in [0.2, 0.25) is 5.91 Å². The summed E-state index contributed by atoms with van der Waals surface area (Å²) < 4.78 is 5.73. The van der Waals surface area contributed by atoms with Gasteiger partial charge in [-0.1, -0.05) is 19.8 Å². The Hall–Kier alpha value is -0.610. The second kappa shape index (κ2) is 8.54. The zero-order valence-corrected chi connectivity index (χ0v) is 12.7. The molecular weight excluding hydrogens is 240 g/mol. The van der Waals surface area contributed by atoms with E-state index in [0.29, 0.717) is 18.4 Å². The zero-order valence-electron chi connectivity index (χ0n) is 12.7. The molecule has 1 rings (SSSR count). The summed E-state index contributed by atoms with van der Waals surface area (Å²) >= 11 is 0. The summed E-state index contributed by atoms with van der Waals surface area (Å²) in [6.45, 7) is 7.40. The molecule has 4 nitrogen and oxygen atoms in total. The van der Waals surface area contributed by atoms with Gasteiger partial charge in [-0.05, 0) is 51.5 Å². The van der Waals surface area contributed by atoms with Gasteiger partial charge in [0.15, 0.2) is 0 Å². The topological polar surface area (TPSA) is 64.3 Å². The average molecular weight is 270 g/mol. The molecule has 1 saturated carbocycles. The van der Waals surface area contributed by atoms with Crippen molar-refractivity contribution in [3.63, 3.8) is 0 Å². The molecule has 1 aliphatic carbocycles. The Kier molecular flexibility index (Phi) is 7.39. The molecule has 0 spiro atoms. The highest BCUT2D eigenvalue weighted by atomic mass is 16.5. The number of ether oxygens (including phenoxy) is 1. The van der Waals surface area contributed by atoms with Gasteiger partial charge in [0.05, 0.1) is 6.61 Å². The Morgan fingerprint density at radius 2 is 2.05 bits per heavy atom. The Morgan fingerprint density at radius 1 is 1.37 bits per heavy atom. The number of carbonyl (C=O) groups is 1. The fourth-order valence-electron chi connectivity index (χ4n) is 2.85. The van der Waals surface area contributed by atoms with E-state index in [1.807, 2.05) is 13.8 Å². The molecule has 1 aliphatic rings. The van der Waals surface area contributed by atoms with Crippen molar-refractivity contribution >= 4 is 5.91 Å². The first-order valence-electron chi connectivity index (χ1n) is 7.70. The first-order valence-corrected chi connectivity index (χ1v) is 7.70. The van der Waals surface area contributed by atoms with E-state index in [4.69, 9.17) is 10.5 Å². The van der Waals surface area contributed by atoms with Gasteiger partial charge in [-0.15, -0.1) is 0 Å². The first kappa shape index (κ1) is 16.4. The number of nitrogens with two attached hydrogens (primary N) is 1. The molecule has 19 heavy (non-hydrogen) atoms. The van der Waals surface area contributed by atoms with E-state index in [2.05, 4.69) is 12.2 Å². The summed E-state index contributed by atoms with van der Waals surface area (Å²) in [5.74, 6) is 1.12. The highest BCUT2D eigenvalue weighted by molar-refractivity contribution is 5.80. The maximum absolute atomic E-state index is 11.9. The molecular formula is C15H30N2O2.